The summed E-state index contributed by atoms with van der Waals surface area (Å²) in [5, 5.41) is 9.29. The summed E-state index contributed by atoms with van der Waals surface area (Å²) in [7, 11) is -1.57. The Morgan fingerprint density at radius 1 is 1.14 bits per heavy atom. The molecule has 0 atom stereocenters. The van der Waals surface area contributed by atoms with Crippen LogP contribution in [0.5, 0.6) is 5.75 Å². The van der Waals surface area contributed by atoms with Crippen molar-refractivity contribution in [1.82, 2.24) is 9.78 Å². The van der Waals surface area contributed by atoms with Crippen LogP contribution in [0.3, 0.4) is 0 Å². The first-order valence-electron chi connectivity index (χ1n) is 8.36. The average molecular weight is 425 g/mol. The van der Waals surface area contributed by atoms with Crippen molar-refractivity contribution in [2.24, 2.45) is 12.2 Å². The molecule has 0 bridgehead atoms. The molecule has 0 aliphatic heterocycles. The third-order valence-corrected chi connectivity index (χ3v) is 5.42. The van der Waals surface area contributed by atoms with Crippen LogP contribution in [0.15, 0.2) is 47.4 Å². The second-order valence-electron chi connectivity index (χ2n) is 6.42. The number of alkyl halides is 3. The number of benzene rings is 2. The molecule has 0 radical (unpaired) electrons. The maximum absolute atomic E-state index is 13.9. The topological polar surface area (TPSA) is 87.2 Å². The lowest BCUT2D eigenvalue weighted by molar-refractivity contribution is -0.143. The Kier molecular flexibility index (Phi) is 5.18. The largest absolute Gasteiger partial charge is 0.496 e. The molecule has 2 aromatic carbocycles. The van der Waals surface area contributed by atoms with Gasteiger partial charge >= 0.3 is 6.18 Å². The summed E-state index contributed by atoms with van der Waals surface area (Å²) in [5.41, 5.74) is -0.530. The molecular formula is C19H18F3N3O3S. The van der Waals surface area contributed by atoms with Gasteiger partial charge in [0.25, 0.3) is 0 Å². The van der Waals surface area contributed by atoms with Crippen molar-refractivity contribution >= 4 is 10.0 Å². The fourth-order valence-electron chi connectivity index (χ4n) is 3.26. The van der Waals surface area contributed by atoms with E-state index in [0.29, 0.717) is 16.0 Å². The molecule has 0 saturated heterocycles. The van der Waals surface area contributed by atoms with E-state index in [9.17, 15) is 21.6 Å². The van der Waals surface area contributed by atoms with Gasteiger partial charge in [-0.1, -0.05) is 24.3 Å². The number of aryl methyl sites for hydroxylation is 2. The summed E-state index contributed by atoms with van der Waals surface area (Å²) < 4.78 is 71.5. The van der Waals surface area contributed by atoms with Crippen molar-refractivity contribution < 1.29 is 26.3 Å². The second kappa shape index (κ2) is 7.20. The molecule has 1 aromatic heterocycles. The highest BCUT2D eigenvalue weighted by atomic mass is 32.2. The van der Waals surface area contributed by atoms with Gasteiger partial charge < -0.3 is 4.74 Å². The third kappa shape index (κ3) is 3.85. The molecule has 6 nitrogen and oxygen atoms in total. The third-order valence-electron chi connectivity index (χ3n) is 4.45. The molecule has 0 unspecified atom stereocenters. The normalized spacial score (nSPS) is 12.2. The Balaban J connectivity index is 2.42. The van der Waals surface area contributed by atoms with E-state index in [1.807, 2.05) is 0 Å². The summed E-state index contributed by atoms with van der Waals surface area (Å²) in [5.74, 6) is 0.512. The number of sulfonamides is 1. The molecule has 0 aliphatic rings. The predicted octanol–water partition coefficient (Wildman–Crippen LogP) is 3.74. The first kappa shape index (κ1) is 20.9. The monoisotopic (exact) mass is 425 g/mol. The Hall–Kier alpha value is -2.85. The average Bonchev–Trinajstić information content (AvgIpc) is 2.98. The van der Waals surface area contributed by atoms with Gasteiger partial charge in [0.2, 0.25) is 10.0 Å². The van der Waals surface area contributed by atoms with Crippen molar-refractivity contribution in [2.75, 3.05) is 7.11 Å². The summed E-state index contributed by atoms with van der Waals surface area (Å²) >= 11 is 0. The quantitative estimate of drug-likeness (QED) is 0.690. The van der Waals surface area contributed by atoms with Gasteiger partial charge in [0, 0.05) is 18.2 Å². The SMILES string of the molecule is COc1ccc(-c2c(-c3ccccc3S(N)(=O)=O)nn(C)c2C(F)(F)F)cc1C. The molecule has 0 spiro atoms. The van der Waals surface area contributed by atoms with Crippen LogP contribution in [0.4, 0.5) is 13.2 Å². The molecule has 0 amide bonds. The van der Waals surface area contributed by atoms with Crippen LogP contribution in [0.25, 0.3) is 22.4 Å². The zero-order chi connectivity index (χ0) is 21.6. The maximum atomic E-state index is 13.9. The van der Waals surface area contributed by atoms with Crippen LogP contribution >= 0.6 is 0 Å². The lowest BCUT2D eigenvalue weighted by Crippen LogP contribution is -2.13. The number of ether oxygens (including phenoxy) is 1. The number of hydrogen-bond acceptors (Lipinski definition) is 4. The van der Waals surface area contributed by atoms with Crippen LogP contribution in [0, 0.1) is 6.92 Å². The molecule has 0 saturated carbocycles. The molecule has 29 heavy (non-hydrogen) atoms. The van der Waals surface area contributed by atoms with E-state index in [4.69, 9.17) is 9.88 Å². The number of nitrogens with two attached hydrogens (primary N) is 1. The fourth-order valence-corrected chi connectivity index (χ4v) is 3.99. The molecule has 2 N–H and O–H groups in total. The minimum absolute atomic E-state index is 0.00966. The van der Waals surface area contributed by atoms with E-state index in [-0.39, 0.29) is 27.3 Å². The minimum Gasteiger partial charge on any atom is -0.496 e. The number of methoxy groups -OCH3 is 1. The standard InChI is InChI=1S/C19H18F3N3O3S/c1-11-10-12(8-9-14(11)28-3)16-17(24-25(2)18(16)19(20,21)22)13-6-4-5-7-15(13)29(23,26)27/h4-10H,1-3H3,(H2,23,26,27). The van der Waals surface area contributed by atoms with Gasteiger partial charge in [0.1, 0.15) is 11.4 Å². The summed E-state index contributed by atoms with van der Waals surface area (Å²) in [6.07, 6.45) is -4.72. The van der Waals surface area contributed by atoms with E-state index in [2.05, 4.69) is 5.10 Å². The van der Waals surface area contributed by atoms with E-state index in [1.165, 1.54) is 43.5 Å². The first-order chi connectivity index (χ1) is 13.4. The van der Waals surface area contributed by atoms with Crippen LogP contribution in [0.2, 0.25) is 0 Å². The van der Waals surface area contributed by atoms with Crippen molar-refractivity contribution in [1.29, 1.82) is 0 Å². The lowest BCUT2D eigenvalue weighted by Gasteiger charge is -2.13. The Labute approximate surface area is 165 Å². The van der Waals surface area contributed by atoms with E-state index in [0.717, 1.165) is 7.05 Å². The van der Waals surface area contributed by atoms with Crippen LogP contribution in [0.1, 0.15) is 11.3 Å². The van der Waals surface area contributed by atoms with Gasteiger partial charge in [-0.25, -0.2) is 13.6 Å². The van der Waals surface area contributed by atoms with Crippen LogP contribution < -0.4 is 9.88 Å². The summed E-state index contributed by atoms with van der Waals surface area (Å²) in [4.78, 5) is -0.307. The molecule has 0 fully saturated rings. The van der Waals surface area contributed by atoms with Crippen molar-refractivity contribution in [3.8, 4) is 28.1 Å². The van der Waals surface area contributed by atoms with E-state index in [1.54, 1.807) is 13.0 Å². The minimum atomic E-state index is -4.72. The zero-order valence-corrected chi connectivity index (χ0v) is 16.6. The van der Waals surface area contributed by atoms with Gasteiger partial charge in [0.15, 0.2) is 5.69 Å². The molecule has 10 heteroatoms. The second-order valence-corrected chi connectivity index (χ2v) is 7.95. The molecular weight excluding hydrogens is 407 g/mol. The maximum Gasteiger partial charge on any atom is 0.433 e. The Bertz CT molecular complexity index is 1190. The smallest absolute Gasteiger partial charge is 0.433 e. The van der Waals surface area contributed by atoms with Crippen molar-refractivity contribution in [3.05, 3.63) is 53.7 Å². The highest BCUT2D eigenvalue weighted by Crippen LogP contribution is 2.44. The van der Waals surface area contributed by atoms with Gasteiger partial charge in [-0.15, -0.1) is 0 Å². The Morgan fingerprint density at radius 3 is 2.34 bits per heavy atom. The van der Waals surface area contributed by atoms with Gasteiger partial charge in [-0.2, -0.15) is 18.3 Å². The zero-order valence-electron chi connectivity index (χ0n) is 15.8. The van der Waals surface area contributed by atoms with Gasteiger partial charge in [-0.3, -0.25) is 4.68 Å². The van der Waals surface area contributed by atoms with Crippen molar-refractivity contribution in [3.63, 3.8) is 0 Å². The fraction of sp³-hybridized carbons (Fsp3) is 0.211. The molecule has 3 rings (SSSR count). The number of hydrogen-bond donors (Lipinski definition) is 1. The highest BCUT2D eigenvalue weighted by molar-refractivity contribution is 7.89. The molecule has 154 valence electrons. The molecule has 0 aliphatic carbocycles. The Morgan fingerprint density at radius 2 is 1.79 bits per heavy atom. The van der Waals surface area contributed by atoms with Crippen LogP contribution in [-0.4, -0.2) is 25.3 Å². The number of nitrogens with zero attached hydrogens (tertiary/aromatic N) is 2. The van der Waals surface area contributed by atoms with Crippen LogP contribution in [-0.2, 0) is 23.2 Å². The molecule has 3 aromatic rings. The van der Waals surface area contributed by atoms with Gasteiger partial charge in [0.05, 0.1) is 12.0 Å². The molecule has 1 heterocycles. The predicted molar refractivity (Wildman–Crippen MR) is 102 cm³/mol. The summed E-state index contributed by atoms with van der Waals surface area (Å²) in [6.45, 7) is 1.70. The number of rotatable bonds is 4. The van der Waals surface area contributed by atoms with E-state index >= 15 is 0 Å². The number of primary sulfonamides is 1. The summed E-state index contributed by atoms with van der Waals surface area (Å²) in [6, 6.07) is 10.1. The highest BCUT2D eigenvalue weighted by Gasteiger charge is 2.40. The number of aromatic nitrogens is 2. The van der Waals surface area contributed by atoms with E-state index < -0.39 is 21.9 Å². The van der Waals surface area contributed by atoms with Crippen molar-refractivity contribution in [2.45, 2.75) is 18.0 Å². The first-order valence-corrected chi connectivity index (χ1v) is 9.91. The van der Waals surface area contributed by atoms with Gasteiger partial charge in [-0.05, 0) is 36.2 Å². The number of halogens is 3. The lowest BCUT2D eigenvalue weighted by atomic mass is 9.97.